The molecule has 1 aromatic heterocycles. The monoisotopic (exact) mass is 180 g/mol. The summed E-state index contributed by atoms with van der Waals surface area (Å²) in [6.45, 7) is 4.36. The van der Waals surface area contributed by atoms with E-state index in [2.05, 4.69) is 10.2 Å². The van der Waals surface area contributed by atoms with Gasteiger partial charge in [-0.1, -0.05) is 0 Å². The summed E-state index contributed by atoms with van der Waals surface area (Å²) in [6, 6.07) is -0.325. The Hall–Kier alpha value is -1.36. The van der Waals surface area contributed by atoms with Crippen molar-refractivity contribution in [1.82, 2.24) is 10.2 Å². The number of nitrogens with one attached hydrogen (secondary N) is 1. The lowest BCUT2D eigenvalue weighted by Gasteiger charge is -2.36. The summed E-state index contributed by atoms with van der Waals surface area (Å²) in [7, 11) is 0. The second-order valence-electron chi connectivity index (χ2n) is 3.34. The van der Waals surface area contributed by atoms with Crippen molar-refractivity contribution in [1.29, 1.82) is 0 Å². The molecule has 0 bridgehead atoms. The molecular formula is C8H12N4O. The minimum absolute atomic E-state index is 0.0207. The summed E-state index contributed by atoms with van der Waals surface area (Å²) in [5, 5.41) is 6.86. The van der Waals surface area contributed by atoms with E-state index >= 15 is 0 Å². The smallest absolute Gasteiger partial charge is 0.245 e. The molecule has 1 amide bonds. The Morgan fingerprint density at radius 1 is 1.62 bits per heavy atom. The number of carbonyl (C=O) groups excluding carboxylic acids is 1. The van der Waals surface area contributed by atoms with E-state index in [0.717, 1.165) is 17.1 Å². The van der Waals surface area contributed by atoms with Crippen molar-refractivity contribution in [2.45, 2.75) is 19.9 Å². The van der Waals surface area contributed by atoms with Crippen LogP contribution >= 0.6 is 0 Å². The van der Waals surface area contributed by atoms with Crippen LogP contribution in [-0.2, 0) is 4.79 Å². The average Bonchev–Trinajstić information content (AvgIpc) is 2.42. The highest BCUT2D eigenvalue weighted by Crippen LogP contribution is 2.26. The number of β-lactam (4-membered cyclic amide) rings is 1. The van der Waals surface area contributed by atoms with Gasteiger partial charge in [0, 0.05) is 0 Å². The predicted molar refractivity (Wildman–Crippen MR) is 48.4 cm³/mol. The van der Waals surface area contributed by atoms with Crippen molar-refractivity contribution < 1.29 is 4.79 Å². The molecule has 0 spiro atoms. The molecule has 2 rings (SSSR count). The molecule has 1 aliphatic heterocycles. The van der Waals surface area contributed by atoms with Gasteiger partial charge < -0.3 is 10.6 Å². The van der Waals surface area contributed by atoms with E-state index in [4.69, 9.17) is 5.73 Å². The maximum atomic E-state index is 11.3. The van der Waals surface area contributed by atoms with Crippen LogP contribution in [0.25, 0.3) is 0 Å². The molecule has 1 fully saturated rings. The van der Waals surface area contributed by atoms with Gasteiger partial charge in [-0.05, 0) is 13.8 Å². The number of anilines is 1. The van der Waals surface area contributed by atoms with Gasteiger partial charge in [-0.25, -0.2) is 0 Å². The van der Waals surface area contributed by atoms with E-state index in [9.17, 15) is 4.79 Å². The number of aryl methyl sites for hydroxylation is 2. The molecule has 1 atom stereocenters. The number of carbonyl (C=O) groups is 1. The van der Waals surface area contributed by atoms with E-state index in [0.29, 0.717) is 6.54 Å². The first-order valence-electron chi connectivity index (χ1n) is 4.20. The second kappa shape index (κ2) is 2.56. The molecule has 3 N–H and O–H groups in total. The van der Waals surface area contributed by atoms with Gasteiger partial charge in [-0.3, -0.25) is 9.89 Å². The number of aromatic nitrogens is 2. The zero-order valence-corrected chi connectivity index (χ0v) is 7.66. The third-order valence-corrected chi connectivity index (χ3v) is 2.32. The maximum absolute atomic E-state index is 11.3. The molecule has 0 saturated carbocycles. The van der Waals surface area contributed by atoms with Gasteiger partial charge in [0.25, 0.3) is 0 Å². The molecule has 5 heteroatoms. The van der Waals surface area contributed by atoms with Crippen LogP contribution < -0.4 is 10.6 Å². The van der Waals surface area contributed by atoms with Crippen molar-refractivity contribution in [2.75, 3.05) is 11.4 Å². The van der Waals surface area contributed by atoms with Gasteiger partial charge in [0.1, 0.15) is 6.04 Å². The summed E-state index contributed by atoms with van der Waals surface area (Å²) in [6.07, 6.45) is 0. The molecule has 13 heavy (non-hydrogen) atoms. The van der Waals surface area contributed by atoms with E-state index in [1.54, 1.807) is 4.90 Å². The average molecular weight is 180 g/mol. The van der Waals surface area contributed by atoms with Gasteiger partial charge in [0.15, 0.2) is 0 Å². The van der Waals surface area contributed by atoms with E-state index in [1.165, 1.54) is 0 Å². The number of rotatable bonds is 1. The van der Waals surface area contributed by atoms with Gasteiger partial charge >= 0.3 is 0 Å². The van der Waals surface area contributed by atoms with Crippen LogP contribution in [0.15, 0.2) is 0 Å². The fourth-order valence-corrected chi connectivity index (χ4v) is 1.60. The first kappa shape index (κ1) is 8.25. The first-order valence-corrected chi connectivity index (χ1v) is 4.20. The minimum Gasteiger partial charge on any atom is -0.318 e. The van der Waals surface area contributed by atoms with Crippen molar-refractivity contribution in [3.63, 3.8) is 0 Å². The molecule has 70 valence electrons. The fraction of sp³-hybridized carbons (Fsp3) is 0.500. The first-order chi connectivity index (χ1) is 6.11. The molecule has 1 aromatic rings. The van der Waals surface area contributed by atoms with Crippen LogP contribution in [0.4, 0.5) is 5.69 Å². The zero-order chi connectivity index (χ0) is 9.59. The molecular weight excluding hydrogens is 168 g/mol. The van der Waals surface area contributed by atoms with Crippen molar-refractivity contribution in [3.8, 4) is 0 Å². The number of nitrogens with zero attached hydrogens (tertiary/aromatic N) is 2. The molecule has 5 nitrogen and oxygen atoms in total. The quantitative estimate of drug-likeness (QED) is 0.583. The summed E-state index contributed by atoms with van der Waals surface area (Å²) < 4.78 is 0. The van der Waals surface area contributed by atoms with Gasteiger partial charge in [-0.15, -0.1) is 0 Å². The Labute approximate surface area is 75.9 Å². The van der Waals surface area contributed by atoms with Crippen molar-refractivity contribution >= 4 is 11.6 Å². The summed E-state index contributed by atoms with van der Waals surface area (Å²) in [5.41, 5.74) is 8.14. The number of nitrogens with two attached hydrogens (primary N) is 1. The summed E-state index contributed by atoms with van der Waals surface area (Å²) >= 11 is 0. The van der Waals surface area contributed by atoms with Crippen LogP contribution in [0.5, 0.6) is 0 Å². The number of amides is 1. The second-order valence-corrected chi connectivity index (χ2v) is 3.34. The highest BCUT2D eigenvalue weighted by atomic mass is 16.2. The minimum atomic E-state index is -0.325. The lowest BCUT2D eigenvalue weighted by Crippen LogP contribution is -2.61. The maximum Gasteiger partial charge on any atom is 0.245 e. The molecule has 1 unspecified atom stereocenters. The largest absolute Gasteiger partial charge is 0.318 e. The molecule has 0 aliphatic carbocycles. The van der Waals surface area contributed by atoms with Crippen molar-refractivity contribution in [3.05, 3.63) is 11.4 Å². The highest BCUT2D eigenvalue weighted by Gasteiger charge is 2.36. The van der Waals surface area contributed by atoms with E-state index in [1.807, 2.05) is 13.8 Å². The fourth-order valence-electron chi connectivity index (χ4n) is 1.60. The Morgan fingerprint density at radius 3 is 2.69 bits per heavy atom. The summed E-state index contributed by atoms with van der Waals surface area (Å²) in [4.78, 5) is 13.0. The molecule has 1 aliphatic rings. The standard InChI is InChI=1S/C8H12N4O/c1-4-7(5(2)11-10-4)12-3-6(9)8(12)13/h6H,3,9H2,1-2H3,(H,10,11). The van der Waals surface area contributed by atoms with Crippen LogP contribution in [0, 0.1) is 13.8 Å². The number of hydrogen-bond acceptors (Lipinski definition) is 3. The Balaban J connectivity index is 2.32. The number of H-pyrrole nitrogens is 1. The lowest BCUT2D eigenvalue weighted by molar-refractivity contribution is -0.123. The van der Waals surface area contributed by atoms with Gasteiger partial charge in [0.2, 0.25) is 5.91 Å². The van der Waals surface area contributed by atoms with Crippen molar-refractivity contribution in [2.24, 2.45) is 5.73 Å². The summed E-state index contributed by atoms with van der Waals surface area (Å²) in [5.74, 6) is -0.0207. The molecule has 2 heterocycles. The SMILES string of the molecule is Cc1n[nH]c(C)c1N1CC(N)C1=O. The zero-order valence-electron chi connectivity index (χ0n) is 7.66. The normalized spacial score (nSPS) is 21.9. The third-order valence-electron chi connectivity index (χ3n) is 2.32. The van der Waals surface area contributed by atoms with Crippen LogP contribution in [0.2, 0.25) is 0 Å². The lowest BCUT2D eigenvalue weighted by atomic mass is 10.1. The van der Waals surface area contributed by atoms with E-state index in [-0.39, 0.29) is 11.9 Å². The molecule has 1 saturated heterocycles. The molecule has 0 aromatic carbocycles. The predicted octanol–water partition coefficient (Wildman–Crippen LogP) is -0.300. The number of aromatic amines is 1. The van der Waals surface area contributed by atoms with E-state index < -0.39 is 0 Å². The van der Waals surface area contributed by atoms with Crippen LogP contribution in [0.1, 0.15) is 11.4 Å². The third kappa shape index (κ3) is 1.04. The Kier molecular flexibility index (Phi) is 1.63. The topological polar surface area (TPSA) is 75.0 Å². The Morgan fingerprint density at radius 2 is 2.31 bits per heavy atom. The van der Waals surface area contributed by atoms with Gasteiger partial charge in [0.05, 0.1) is 23.6 Å². The Bertz CT molecular complexity index is 338. The highest BCUT2D eigenvalue weighted by molar-refractivity contribution is 6.04. The number of hydrogen-bond donors (Lipinski definition) is 2. The van der Waals surface area contributed by atoms with Crippen LogP contribution in [-0.4, -0.2) is 28.7 Å². The van der Waals surface area contributed by atoms with Gasteiger partial charge in [-0.2, -0.15) is 5.10 Å². The molecule has 0 radical (unpaired) electrons. The van der Waals surface area contributed by atoms with Crippen LogP contribution in [0.3, 0.4) is 0 Å².